The predicted octanol–water partition coefficient (Wildman–Crippen LogP) is 20.9. The molecule has 1 aliphatic heterocycles. The van der Waals surface area contributed by atoms with Gasteiger partial charge in [0.05, 0.1) is 23.8 Å². The van der Waals surface area contributed by atoms with Crippen LogP contribution in [0.25, 0.3) is 6.08 Å². The maximum Gasteiger partial charge on any atom is 0.188 e. The summed E-state index contributed by atoms with van der Waals surface area (Å²) in [6, 6.07) is 8.76. The van der Waals surface area contributed by atoms with Gasteiger partial charge in [-0.05, 0) is 234 Å². The molecule has 13 aliphatic rings. The van der Waals surface area contributed by atoms with E-state index in [1.807, 2.05) is 12.2 Å². The molecule has 0 bridgehead atoms. The fourth-order valence-corrected chi connectivity index (χ4v) is 19.8. The van der Waals surface area contributed by atoms with E-state index in [-0.39, 0.29) is 34.8 Å². The zero-order valence-corrected chi connectivity index (χ0v) is 51.7. The lowest BCUT2D eigenvalue weighted by Crippen LogP contribution is -2.46. The van der Waals surface area contributed by atoms with E-state index in [0.29, 0.717) is 66.2 Å². The first-order chi connectivity index (χ1) is 43.0. The molecule has 19 unspecified atom stereocenters. The van der Waals surface area contributed by atoms with E-state index in [9.17, 15) is 0 Å². The zero-order chi connectivity index (χ0) is 60.4. The highest BCUT2D eigenvalue weighted by Crippen LogP contribution is 2.68. The largest absolute Gasteiger partial charge is 0.495 e. The van der Waals surface area contributed by atoms with Gasteiger partial charge < -0.3 is 14.5 Å². The summed E-state index contributed by atoms with van der Waals surface area (Å²) in [5.74, 6) is 0.319. The second kappa shape index (κ2) is 24.9. The Bertz CT molecular complexity index is 3370. The van der Waals surface area contributed by atoms with Gasteiger partial charge in [-0.3, -0.25) is 0 Å². The molecule has 12 aliphatic carbocycles. The van der Waals surface area contributed by atoms with Crippen molar-refractivity contribution in [1.29, 1.82) is 0 Å². The summed E-state index contributed by atoms with van der Waals surface area (Å²) < 4.78 is 86.2. The molecule has 3 nitrogen and oxygen atoms in total. The highest BCUT2D eigenvalue weighted by Gasteiger charge is 2.62. The van der Waals surface area contributed by atoms with E-state index in [2.05, 4.69) is 158 Å². The van der Waals surface area contributed by atoms with Gasteiger partial charge in [0.2, 0.25) is 0 Å². The Morgan fingerprint density at radius 3 is 2.34 bits per heavy atom. The molecule has 14 rings (SSSR count). The molecular weight excluding hydrogens is 1100 g/mol. The maximum absolute atomic E-state index is 16.6. The number of halogens is 5. The van der Waals surface area contributed by atoms with Crippen LogP contribution in [-0.2, 0) is 4.74 Å². The molecule has 462 valence electrons. The average Bonchev–Trinajstić information content (AvgIpc) is 1.54. The molecule has 1 aromatic rings. The molecule has 0 spiro atoms. The first-order valence-electron chi connectivity index (χ1n) is 34.2. The monoisotopic (exact) mass is 1190 g/mol. The van der Waals surface area contributed by atoms with Crippen LogP contribution >= 0.6 is 0 Å². The van der Waals surface area contributed by atoms with Crippen molar-refractivity contribution in [1.82, 2.24) is 4.90 Å². The maximum atomic E-state index is 16.6. The molecule has 0 amide bonds. The molecule has 0 N–H and O–H groups in total. The minimum atomic E-state index is -2.98. The molecule has 1 aromatic carbocycles. The number of fused-ring (bicyclic) bond motifs is 5. The third kappa shape index (κ3) is 10.5. The van der Waals surface area contributed by atoms with E-state index in [0.717, 1.165) is 106 Å². The van der Waals surface area contributed by atoms with E-state index >= 15 is 22.0 Å². The van der Waals surface area contributed by atoms with Crippen LogP contribution in [0.4, 0.5) is 27.6 Å². The van der Waals surface area contributed by atoms with Crippen LogP contribution in [0.1, 0.15) is 141 Å². The Labute approximate surface area is 521 Å². The lowest BCUT2D eigenvalue weighted by atomic mass is 9.57. The third-order valence-corrected chi connectivity index (χ3v) is 24.2. The van der Waals surface area contributed by atoms with E-state index < -0.39 is 42.1 Å². The molecule has 0 radical (unpaired) electrons. The highest BCUT2D eigenvalue weighted by molar-refractivity contribution is 5.62. The van der Waals surface area contributed by atoms with Gasteiger partial charge in [0.1, 0.15) is 12.0 Å². The van der Waals surface area contributed by atoms with Crippen LogP contribution < -0.4 is 4.90 Å². The SMILES string of the molecule is C=Cc1ccc(N2C3=C(CC(C4=CC=C(N(C5=CC6C(C=C5)C5CCC=CC5C6(C5=CCCC=C5)C5=CC=C(OC6CCC(C=C)C(C)C6)CC5)C5CC=CC=C5C5C(F)=C(F)C(F)C(F)C5F)CC4)CC3)C3CC(C4C=CC(C=C)CC4)CCC32)cc1. The Balaban J connectivity index is 0.834. The Kier molecular flexibility index (Phi) is 16.8. The van der Waals surface area contributed by atoms with E-state index in [4.69, 9.17) is 4.74 Å². The molecule has 8 heteroatoms. The summed E-state index contributed by atoms with van der Waals surface area (Å²) in [5.41, 5.74) is 11.6. The van der Waals surface area contributed by atoms with Crippen molar-refractivity contribution < 1.29 is 26.7 Å². The van der Waals surface area contributed by atoms with Crippen LogP contribution in [0, 0.1) is 76.4 Å². The molecule has 0 aromatic heterocycles. The summed E-state index contributed by atoms with van der Waals surface area (Å²) in [6.07, 6.45) is 56.9. The Morgan fingerprint density at radius 2 is 1.60 bits per heavy atom. The number of ether oxygens (including phenoxy) is 1. The quantitative estimate of drug-likeness (QED) is 0.136. The number of hydrogen-bond donors (Lipinski definition) is 0. The lowest BCUT2D eigenvalue weighted by Gasteiger charge is -2.47. The fraction of sp³-hybridized carbons (Fsp3) is 0.500. The smallest absolute Gasteiger partial charge is 0.188 e. The van der Waals surface area contributed by atoms with Gasteiger partial charge in [0.25, 0.3) is 0 Å². The summed E-state index contributed by atoms with van der Waals surface area (Å²) in [4.78, 5) is 5.03. The van der Waals surface area contributed by atoms with Gasteiger partial charge in [-0.15, -0.1) is 13.2 Å². The number of nitrogens with zero attached hydrogens (tertiary/aromatic N) is 2. The van der Waals surface area contributed by atoms with Gasteiger partial charge in [-0.25, -0.2) is 22.0 Å². The molecule has 88 heavy (non-hydrogen) atoms. The summed E-state index contributed by atoms with van der Waals surface area (Å²) in [7, 11) is 0. The van der Waals surface area contributed by atoms with Crippen molar-refractivity contribution in [3.8, 4) is 0 Å². The molecule has 3 fully saturated rings. The number of rotatable bonds is 14. The average molecular weight is 1190 g/mol. The van der Waals surface area contributed by atoms with Crippen LogP contribution in [0.15, 0.2) is 222 Å². The van der Waals surface area contributed by atoms with Crippen molar-refractivity contribution in [3.05, 3.63) is 227 Å². The van der Waals surface area contributed by atoms with Crippen LogP contribution in [0.3, 0.4) is 0 Å². The van der Waals surface area contributed by atoms with Gasteiger partial charge in [0.15, 0.2) is 18.2 Å². The van der Waals surface area contributed by atoms with Crippen molar-refractivity contribution in [2.24, 2.45) is 76.4 Å². The van der Waals surface area contributed by atoms with E-state index in [1.165, 1.54) is 60.2 Å². The van der Waals surface area contributed by atoms with Gasteiger partial charge in [-0.1, -0.05) is 140 Å². The third-order valence-electron chi connectivity index (χ3n) is 24.2. The van der Waals surface area contributed by atoms with Crippen molar-refractivity contribution in [2.45, 2.75) is 172 Å². The topological polar surface area (TPSA) is 15.7 Å². The lowest BCUT2D eigenvalue weighted by molar-refractivity contribution is 0.0399. The van der Waals surface area contributed by atoms with Crippen LogP contribution in [-0.4, -0.2) is 41.6 Å². The number of allylic oxidation sites excluding steroid dienone is 26. The zero-order valence-electron chi connectivity index (χ0n) is 51.7. The standard InChI is InChI=1S/C80H91F5N2O/c1-5-50-21-25-53(26-22-50)55-30-43-72-67(46-55)68-47-56(31-44-73(68)87(72)60-34-23-51(6-2)24-35-60)54-27-36-59(37-28-54)86(71-20-14-12-18-66(71)74-75(81)77(83)79(85)78(84)76(74)82)61-38-42-65-64-17-11-13-19-69(64)80(70(65)48-61,57-15-9-8-10-16-57)58-32-40-62(41-33-58)88-63-39-29-52(7-3)49(4)45-63/h5-7,9,12-16,18-19,21,23-25,27,32,34-36,38,40,42,48-50,52-53,55-56,63-65,67,69-72,74-75,77,79H,1-3,8,10-11,17,20,22,26,28-31,33,37,39,41,43-47H2,4H3. The number of alkyl halides is 3. The molecular formula is C80H91F5N2O. The van der Waals surface area contributed by atoms with Crippen molar-refractivity contribution in [2.75, 3.05) is 4.90 Å². The molecule has 0 saturated heterocycles. The molecule has 1 heterocycles. The molecule has 3 saturated carbocycles. The minimum Gasteiger partial charge on any atom is -0.495 e. The minimum absolute atomic E-state index is 0.0259. The summed E-state index contributed by atoms with van der Waals surface area (Å²) in [5, 5.41) is 0. The number of anilines is 1. The Morgan fingerprint density at radius 1 is 0.727 bits per heavy atom. The number of benzene rings is 1. The fourth-order valence-electron chi connectivity index (χ4n) is 19.8. The second-order valence-corrected chi connectivity index (χ2v) is 28.4. The Hall–Kier alpha value is -6.15. The van der Waals surface area contributed by atoms with Crippen molar-refractivity contribution >= 4 is 11.8 Å². The molecule has 19 atom stereocenters. The second-order valence-electron chi connectivity index (χ2n) is 28.4. The first kappa shape index (κ1) is 59.5. The first-order valence-corrected chi connectivity index (χ1v) is 34.2. The van der Waals surface area contributed by atoms with Crippen molar-refractivity contribution in [3.63, 3.8) is 0 Å². The van der Waals surface area contributed by atoms with Gasteiger partial charge >= 0.3 is 0 Å². The normalized spacial score (nSPS) is 39.3. The highest BCUT2D eigenvalue weighted by atomic mass is 19.2. The van der Waals surface area contributed by atoms with E-state index in [1.54, 1.807) is 17.7 Å². The van der Waals surface area contributed by atoms with Gasteiger partial charge in [-0.2, -0.15) is 0 Å². The number of hydrogen-bond acceptors (Lipinski definition) is 3. The van der Waals surface area contributed by atoms with Crippen LogP contribution in [0.5, 0.6) is 0 Å². The summed E-state index contributed by atoms with van der Waals surface area (Å²) in [6.45, 7) is 14.6. The van der Waals surface area contributed by atoms with Crippen LogP contribution in [0.2, 0.25) is 0 Å². The predicted molar refractivity (Wildman–Crippen MR) is 349 cm³/mol. The van der Waals surface area contributed by atoms with Gasteiger partial charge in [0, 0.05) is 46.6 Å². The summed E-state index contributed by atoms with van der Waals surface area (Å²) >= 11 is 0.